The van der Waals surface area contributed by atoms with E-state index in [9.17, 15) is 5.11 Å². The molecule has 0 aliphatic rings. The largest absolute Gasteiger partial charge is 0.508 e. The van der Waals surface area contributed by atoms with Crippen molar-refractivity contribution in [2.24, 2.45) is 0 Å². The highest BCUT2D eigenvalue weighted by molar-refractivity contribution is 6.31. The average molecular weight is 247 g/mol. The van der Waals surface area contributed by atoms with Crippen LogP contribution in [0.4, 0.5) is 0 Å². The van der Waals surface area contributed by atoms with Gasteiger partial charge in [-0.25, -0.2) is 0 Å². The average Bonchev–Trinajstić information content (AvgIpc) is 2.35. The second kappa shape index (κ2) is 5.24. The highest BCUT2D eigenvalue weighted by Gasteiger charge is 2.09. The maximum absolute atomic E-state index is 9.46. The van der Waals surface area contributed by atoms with Crippen LogP contribution in [0.15, 0.2) is 48.5 Å². The first kappa shape index (κ1) is 12.0. The van der Waals surface area contributed by atoms with Crippen molar-refractivity contribution < 1.29 is 5.11 Å². The summed E-state index contributed by atoms with van der Waals surface area (Å²) in [5.74, 6) is 0.653. The lowest BCUT2D eigenvalue weighted by Crippen LogP contribution is -1.98. The fraction of sp³-hybridized carbons (Fsp3) is 0.200. The number of aromatic hydroxyl groups is 1. The van der Waals surface area contributed by atoms with Crippen molar-refractivity contribution in [3.63, 3.8) is 0 Å². The van der Waals surface area contributed by atoms with Crippen LogP contribution in [-0.4, -0.2) is 5.11 Å². The summed E-state index contributed by atoms with van der Waals surface area (Å²) in [6.45, 7) is 2.16. The first-order chi connectivity index (χ1) is 8.16. The molecule has 0 aromatic heterocycles. The molecule has 0 aliphatic carbocycles. The zero-order chi connectivity index (χ0) is 12.3. The van der Waals surface area contributed by atoms with Crippen molar-refractivity contribution in [2.75, 3.05) is 0 Å². The molecule has 17 heavy (non-hydrogen) atoms. The minimum atomic E-state index is 0.268. The van der Waals surface area contributed by atoms with E-state index in [1.807, 2.05) is 18.2 Å². The fourth-order valence-corrected chi connectivity index (χ4v) is 2.14. The molecule has 1 nitrogen and oxygen atoms in total. The van der Waals surface area contributed by atoms with Gasteiger partial charge in [0.25, 0.3) is 0 Å². The Labute approximate surface area is 107 Å². The summed E-state index contributed by atoms with van der Waals surface area (Å²) in [7, 11) is 0. The summed E-state index contributed by atoms with van der Waals surface area (Å²) >= 11 is 6.12. The number of rotatable bonds is 3. The topological polar surface area (TPSA) is 20.2 Å². The first-order valence-corrected chi connectivity index (χ1v) is 6.07. The Kier molecular flexibility index (Phi) is 3.70. The first-order valence-electron chi connectivity index (χ1n) is 5.69. The van der Waals surface area contributed by atoms with Gasteiger partial charge >= 0.3 is 0 Å². The molecule has 2 rings (SSSR count). The van der Waals surface area contributed by atoms with Gasteiger partial charge in [-0.1, -0.05) is 48.9 Å². The maximum atomic E-state index is 9.46. The SMILES string of the molecule is CC(Cc1cc(O)ccc1Cl)c1ccccc1. The van der Waals surface area contributed by atoms with E-state index < -0.39 is 0 Å². The lowest BCUT2D eigenvalue weighted by Gasteiger charge is -2.13. The van der Waals surface area contributed by atoms with Crippen molar-refractivity contribution in [2.45, 2.75) is 19.3 Å². The van der Waals surface area contributed by atoms with E-state index in [0.717, 1.165) is 12.0 Å². The number of phenolic OH excluding ortho intramolecular Hbond substituents is 1. The molecule has 0 aliphatic heterocycles. The monoisotopic (exact) mass is 246 g/mol. The van der Waals surface area contributed by atoms with Crippen LogP contribution in [0.1, 0.15) is 24.0 Å². The molecule has 1 N–H and O–H groups in total. The summed E-state index contributed by atoms with van der Waals surface area (Å²) in [6, 6.07) is 15.4. The highest BCUT2D eigenvalue weighted by atomic mass is 35.5. The molecule has 0 amide bonds. The second-order valence-corrected chi connectivity index (χ2v) is 4.70. The van der Waals surface area contributed by atoms with E-state index in [-0.39, 0.29) is 5.75 Å². The zero-order valence-electron chi connectivity index (χ0n) is 9.73. The molecule has 0 saturated carbocycles. The van der Waals surface area contributed by atoms with Gasteiger partial charge in [-0.3, -0.25) is 0 Å². The van der Waals surface area contributed by atoms with Gasteiger partial charge in [-0.15, -0.1) is 0 Å². The second-order valence-electron chi connectivity index (χ2n) is 4.29. The molecule has 88 valence electrons. The van der Waals surface area contributed by atoms with Crippen LogP contribution in [0.3, 0.4) is 0 Å². The number of benzene rings is 2. The third kappa shape index (κ3) is 3.01. The van der Waals surface area contributed by atoms with E-state index in [4.69, 9.17) is 11.6 Å². The Morgan fingerprint density at radius 1 is 1.12 bits per heavy atom. The van der Waals surface area contributed by atoms with Gasteiger partial charge in [-0.2, -0.15) is 0 Å². The molecule has 2 aromatic carbocycles. The van der Waals surface area contributed by atoms with Gasteiger partial charge in [0.2, 0.25) is 0 Å². The third-order valence-corrected chi connectivity index (χ3v) is 3.29. The predicted octanol–water partition coefficient (Wildman–Crippen LogP) is 4.39. The Hall–Kier alpha value is -1.47. The molecule has 2 aromatic rings. The maximum Gasteiger partial charge on any atom is 0.115 e. The van der Waals surface area contributed by atoms with Gasteiger partial charge in [0.05, 0.1) is 0 Å². The number of hydrogen-bond acceptors (Lipinski definition) is 1. The van der Waals surface area contributed by atoms with E-state index in [0.29, 0.717) is 10.9 Å². The number of halogens is 1. The van der Waals surface area contributed by atoms with E-state index >= 15 is 0 Å². The molecule has 1 unspecified atom stereocenters. The lowest BCUT2D eigenvalue weighted by atomic mass is 9.94. The van der Waals surface area contributed by atoms with Gasteiger partial charge in [0, 0.05) is 5.02 Å². The van der Waals surface area contributed by atoms with Crippen molar-refractivity contribution in [3.8, 4) is 5.75 Å². The van der Waals surface area contributed by atoms with E-state index in [1.54, 1.807) is 18.2 Å². The molecule has 1 atom stereocenters. The molecule has 0 fully saturated rings. The standard InChI is InChI=1S/C15H15ClO/c1-11(12-5-3-2-4-6-12)9-13-10-14(17)7-8-15(13)16/h2-8,10-11,17H,9H2,1H3. The molecule has 0 bridgehead atoms. The van der Waals surface area contributed by atoms with Crippen LogP contribution in [0.2, 0.25) is 5.02 Å². The van der Waals surface area contributed by atoms with Crippen LogP contribution >= 0.6 is 11.6 Å². The Morgan fingerprint density at radius 3 is 2.53 bits per heavy atom. The summed E-state index contributed by atoms with van der Waals surface area (Å²) in [6.07, 6.45) is 0.831. The van der Waals surface area contributed by atoms with Crippen molar-refractivity contribution in [1.29, 1.82) is 0 Å². The summed E-state index contributed by atoms with van der Waals surface area (Å²) in [5, 5.41) is 10.2. The van der Waals surface area contributed by atoms with Crippen LogP contribution in [0.25, 0.3) is 0 Å². The Morgan fingerprint density at radius 2 is 1.82 bits per heavy atom. The smallest absolute Gasteiger partial charge is 0.115 e. The van der Waals surface area contributed by atoms with Gasteiger partial charge in [0.1, 0.15) is 5.75 Å². The molecule has 0 saturated heterocycles. The van der Waals surface area contributed by atoms with Crippen LogP contribution in [0, 0.1) is 0 Å². The fourth-order valence-electron chi connectivity index (χ4n) is 1.95. The zero-order valence-corrected chi connectivity index (χ0v) is 10.5. The number of hydrogen-bond donors (Lipinski definition) is 1. The molecule has 0 spiro atoms. The van der Waals surface area contributed by atoms with Crippen LogP contribution in [0.5, 0.6) is 5.75 Å². The minimum Gasteiger partial charge on any atom is -0.508 e. The highest BCUT2D eigenvalue weighted by Crippen LogP contribution is 2.27. The van der Waals surface area contributed by atoms with Gasteiger partial charge in [0.15, 0.2) is 0 Å². The lowest BCUT2D eigenvalue weighted by molar-refractivity contribution is 0.474. The van der Waals surface area contributed by atoms with Crippen molar-refractivity contribution >= 4 is 11.6 Å². The molecular weight excluding hydrogens is 232 g/mol. The summed E-state index contributed by atoms with van der Waals surface area (Å²) < 4.78 is 0. The van der Waals surface area contributed by atoms with E-state index in [2.05, 4.69) is 19.1 Å². The Balaban J connectivity index is 2.18. The number of phenols is 1. The van der Waals surface area contributed by atoms with Gasteiger partial charge in [-0.05, 0) is 41.7 Å². The van der Waals surface area contributed by atoms with Crippen molar-refractivity contribution in [1.82, 2.24) is 0 Å². The van der Waals surface area contributed by atoms with E-state index in [1.165, 1.54) is 5.56 Å². The normalized spacial score (nSPS) is 12.4. The summed E-state index contributed by atoms with van der Waals surface area (Å²) in [5.41, 5.74) is 2.27. The summed E-state index contributed by atoms with van der Waals surface area (Å²) in [4.78, 5) is 0. The predicted molar refractivity (Wildman–Crippen MR) is 71.7 cm³/mol. The van der Waals surface area contributed by atoms with Crippen LogP contribution < -0.4 is 0 Å². The van der Waals surface area contributed by atoms with Gasteiger partial charge < -0.3 is 5.11 Å². The molecular formula is C15H15ClO. The quantitative estimate of drug-likeness (QED) is 0.852. The third-order valence-electron chi connectivity index (χ3n) is 2.92. The Bertz CT molecular complexity index is 494. The molecule has 0 heterocycles. The van der Waals surface area contributed by atoms with Crippen LogP contribution in [-0.2, 0) is 6.42 Å². The molecule has 2 heteroatoms. The minimum absolute atomic E-state index is 0.268. The van der Waals surface area contributed by atoms with Crippen molar-refractivity contribution in [3.05, 3.63) is 64.7 Å². The molecule has 0 radical (unpaired) electrons.